The average Bonchev–Trinajstić information content (AvgIpc) is 3.22. The molecule has 0 aliphatic heterocycles. The number of carbonyl (C=O) groups excluding carboxylic acids is 1. The third-order valence-corrected chi connectivity index (χ3v) is 5.02. The summed E-state index contributed by atoms with van der Waals surface area (Å²) in [5.41, 5.74) is 1.97. The molecule has 0 aliphatic carbocycles. The predicted octanol–water partition coefficient (Wildman–Crippen LogP) is 3.93. The molecule has 0 amide bonds. The van der Waals surface area contributed by atoms with Crippen LogP contribution in [0.2, 0.25) is 0 Å². The lowest BCUT2D eigenvalue weighted by Gasteiger charge is -2.20. The first kappa shape index (κ1) is 15.3. The van der Waals surface area contributed by atoms with E-state index in [0.717, 1.165) is 27.0 Å². The highest BCUT2D eigenvalue weighted by Crippen LogP contribution is 2.33. The number of aromatic nitrogens is 2. The first-order valence-corrected chi connectivity index (χ1v) is 8.49. The van der Waals surface area contributed by atoms with E-state index in [4.69, 9.17) is 5.26 Å². The summed E-state index contributed by atoms with van der Waals surface area (Å²) in [5, 5.41) is 12.6. The number of hydrogen-bond donors (Lipinski definition) is 0. The van der Waals surface area contributed by atoms with Gasteiger partial charge in [0, 0.05) is 22.1 Å². The Morgan fingerprint density at radius 2 is 2.13 bits per heavy atom. The molecule has 0 aliphatic rings. The van der Waals surface area contributed by atoms with Gasteiger partial charge in [0.15, 0.2) is 11.4 Å². The van der Waals surface area contributed by atoms with Gasteiger partial charge < -0.3 is 4.90 Å². The maximum absolute atomic E-state index is 11.1. The Kier molecular flexibility index (Phi) is 4.46. The molecule has 2 aromatic heterocycles. The van der Waals surface area contributed by atoms with Crippen molar-refractivity contribution in [1.82, 2.24) is 9.97 Å². The molecule has 0 atom stereocenters. The van der Waals surface area contributed by atoms with Gasteiger partial charge in [-0.15, -0.1) is 22.7 Å². The van der Waals surface area contributed by atoms with Crippen molar-refractivity contribution < 1.29 is 4.79 Å². The van der Waals surface area contributed by atoms with Crippen LogP contribution < -0.4 is 4.90 Å². The molecule has 0 spiro atoms. The third-order valence-electron chi connectivity index (χ3n) is 3.25. The van der Waals surface area contributed by atoms with Crippen molar-refractivity contribution in [3.05, 3.63) is 57.0 Å². The van der Waals surface area contributed by atoms with Crippen LogP contribution in [0.25, 0.3) is 0 Å². The molecule has 0 N–H and O–H groups in total. The molecule has 0 fully saturated rings. The van der Waals surface area contributed by atoms with Crippen LogP contribution in [0.1, 0.15) is 25.9 Å². The molecule has 0 unspecified atom stereocenters. The van der Waals surface area contributed by atoms with E-state index in [0.29, 0.717) is 17.8 Å². The van der Waals surface area contributed by atoms with Crippen molar-refractivity contribution in [1.29, 1.82) is 5.26 Å². The van der Waals surface area contributed by atoms with E-state index in [1.54, 1.807) is 29.7 Å². The molecule has 0 saturated carbocycles. The van der Waals surface area contributed by atoms with Crippen molar-refractivity contribution in [2.24, 2.45) is 0 Å². The number of thiazole rings is 2. The summed E-state index contributed by atoms with van der Waals surface area (Å²) in [6.45, 7) is 2.44. The predicted molar refractivity (Wildman–Crippen MR) is 91.4 cm³/mol. The molecular weight excluding hydrogens is 328 g/mol. The Bertz CT molecular complexity index is 847. The Balaban J connectivity index is 2.01. The van der Waals surface area contributed by atoms with Gasteiger partial charge in [0.1, 0.15) is 10.7 Å². The van der Waals surface area contributed by atoms with Crippen LogP contribution in [0.3, 0.4) is 0 Å². The highest BCUT2D eigenvalue weighted by atomic mass is 32.1. The first-order valence-electron chi connectivity index (χ1n) is 6.80. The summed E-state index contributed by atoms with van der Waals surface area (Å²) in [6.07, 6.45) is 2.54. The van der Waals surface area contributed by atoms with Gasteiger partial charge in [-0.3, -0.25) is 4.79 Å². The van der Waals surface area contributed by atoms with E-state index in [2.05, 4.69) is 16.0 Å². The largest absolute Gasteiger partial charge is 0.311 e. The lowest BCUT2D eigenvalue weighted by Crippen LogP contribution is -2.16. The minimum Gasteiger partial charge on any atom is -0.311 e. The highest BCUT2D eigenvalue weighted by Gasteiger charge is 2.17. The summed E-state index contributed by atoms with van der Waals surface area (Å²) in [5.74, 6) is 0. The molecule has 0 bridgehead atoms. The van der Waals surface area contributed by atoms with Crippen molar-refractivity contribution in [3.63, 3.8) is 0 Å². The van der Waals surface area contributed by atoms with Gasteiger partial charge in [-0.2, -0.15) is 5.26 Å². The molecular formula is C16H12N4OS2. The topological polar surface area (TPSA) is 69.9 Å². The standard InChI is InChI=1S/C16H12N4OS2/c1-11-14(10-21)19-16(23-11)20(9-15-18-6-7-22-15)13-4-2-12(8-17)3-5-13/h2-7,10H,9H2,1H3. The molecule has 5 nitrogen and oxygen atoms in total. The Morgan fingerprint density at radius 1 is 1.35 bits per heavy atom. The van der Waals surface area contributed by atoms with Crippen LogP contribution in [0.4, 0.5) is 10.8 Å². The van der Waals surface area contributed by atoms with Crippen molar-refractivity contribution in [2.45, 2.75) is 13.5 Å². The number of anilines is 2. The lowest BCUT2D eigenvalue weighted by molar-refractivity contribution is 0.111. The fourth-order valence-corrected chi connectivity index (χ4v) is 3.57. The number of aryl methyl sites for hydroxylation is 1. The van der Waals surface area contributed by atoms with Gasteiger partial charge in [-0.25, -0.2) is 9.97 Å². The van der Waals surface area contributed by atoms with Crippen molar-refractivity contribution >= 4 is 39.8 Å². The van der Waals surface area contributed by atoms with E-state index >= 15 is 0 Å². The Morgan fingerprint density at radius 3 is 2.70 bits per heavy atom. The smallest absolute Gasteiger partial charge is 0.191 e. The summed E-state index contributed by atoms with van der Waals surface area (Å²) in [4.78, 5) is 22.7. The number of aldehydes is 1. The fraction of sp³-hybridized carbons (Fsp3) is 0.125. The van der Waals surface area contributed by atoms with Gasteiger partial charge in [0.25, 0.3) is 0 Å². The van der Waals surface area contributed by atoms with Crippen molar-refractivity contribution in [3.8, 4) is 6.07 Å². The first-order chi connectivity index (χ1) is 11.2. The summed E-state index contributed by atoms with van der Waals surface area (Å²) in [7, 11) is 0. The second-order valence-corrected chi connectivity index (χ2v) is 6.89. The van der Waals surface area contributed by atoms with Gasteiger partial charge in [-0.1, -0.05) is 0 Å². The molecule has 0 radical (unpaired) electrons. The Labute approximate surface area is 141 Å². The van der Waals surface area contributed by atoms with E-state index in [-0.39, 0.29) is 0 Å². The zero-order valence-electron chi connectivity index (χ0n) is 12.3. The number of rotatable bonds is 5. The molecule has 1 aromatic carbocycles. The average molecular weight is 340 g/mol. The Hall–Kier alpha value is -2.56. The maximum Gasteiger partial charge on any atom is 0.191 e. The second kappa shape index (κ2) is 6.69. The van der Waals surface area contributed by atoms with E-state index in [1.165, 1.54) is 11.3 Å². The molecule has 2 heterocycles. The van der Waals surface area contributed by atoms with Crippen LogP contribution in [0, 0.1) is 18.3 Å². The number of benzene rings is 1. The highest BCUT2D eigenvalue weighted by molar-refractivity contribution is 7.16. The molecule has 114 valence electrons. The van der Waals surface area contributed by atoms with Crippen LogP contribution in [0.5, 0.6) is 0 Å². The minimum atomic E-state index is 0.461. The number of nitriles is 1. The van der Waals surface area contributed by atoms with Crippen LogP contribution >= 0.6 is 22.7 Å². The fourth-order valence-electron chi connectivity index (χ4n) is 2.07. The van der Waals surface area contributed by atoms with Gasteiger partial charge in [0.2, 0.25) is 0 Å². The summed E-state index contributed by atoms with van der Waals surface area (Å²) >= 11 is 3.04. The molecule has 0 saturated heterocycles. The second-order valence-electron chi connectivity index (χ2n) is 4.73. The van der Waals surface area contributed by atoms with Gasteiger partial charge in [0.05, 0.1) is 18.2 Å². The van der Waals surface area contributed by atoms with E-state index in [9.17, 15) is 4.79 Å². The monoisotopic (exact) mass is 340 g/mol. The van der Waals surface area contributed by atoms with Crippen LogP contribution in [-0.4, -0.2) is 16.3 Å². The molecule has 23 heavy (non-hydrogen) atoms. The quantitative estimate of drug-likeness (QED) is 0.658. The van der Waals surface area contributed by atoms with Crippen LogP contribution in [0.15, 0.2) is 35.8 Å². The molecule has 7 heteroatoms. The summed E-state index contributed by atoms with van der Waals surface area (Å²) < 4.78 is 0. The van der Waals surface area contributed by atoms with Gasteiger partial charge >= 0.3 is 0 Å². The minimum absolute atomic E-state index is 0.461. The maximum atomic E-state index is 11.1. The van der Waals surface area contributed by atoms with Crippen molar-refractivity contribution in [2.75, 3.05) is 4.90 Å². The van der Waals surface area contributed by atoms with Crippen LogP contribution in [-0.2, 0) is 6.54 Å². The zero-order valence-corrected chi connectivity index (χ0v) is 13.9. The third kappa shape index (κ3) is 3.28. The number of carbonyl (C=O) groups is 1. The molecule has 3 aromatic rings. The molecule has 3 rings (SSSR count). The lowest BCUT2D eigenvalue weighted by atomic mass is 10.2. The summed E-state index contributed by atoms with van der Waals surface area (Å²) in [6, 6.07) is 9.41. The SMILES string of the molecule is Cc1sc(N(Cc2nccs2)c2ccc(C#N)cc2)nc1C=O. The van der Waals surface area contributed by atoms with Gasteiger partial charge in [-0.05, 0) is 31.2 Å². The number of hydrogen-bond acceptors (Lipinski definition) is 7. The van der Waals surface area contributed by atoms with E-state index < -0.39 is 0 Å². The van der Waals surface area contributed by atoms with E-state index in [1.807, 2.05) is 29.3 Å². The zero-order chi connectivity index (χ0) is 16.2. The number of nitrogens with zero attached hydrogens (tertiary/aromatic N) is 4. The normalized spacial score (nSPS) is 10.3.